The molecular formula is C16H20N2O3S. The lowest BCUT2D eigenvalue weighted by Crippen LogP contribution is -2.25. The minimum absolute atomic E-state index is 0.215. The second-order valence-corrected chi connectivity index (χ2v) is 7.08. The van der Waals surface area contributed by atoms with Crippen LogP contribution in [-0.2, 0) is 11.2 Å². The lowest BCUT2D eigenvalue weighted by molar-refractivity contribution is -0.118. The Morgan fingerprint density at radius 2 is 2.05 bits per heavy atom. The molecule has 0 bridgehead atoms. The van der Waals surface area contributed by atoms with Crippen LogP contribution in [0.2, 0.25) is 0 Å². The van der Waals surface area contributed by atoms with Gasteiger partial charge in [-0.2, -0.15) is 0 Å². The van der Waals surface area contributed by atoms with Crippen LogP contribution in [-0.4, -0.2) is 28.0 Å². The van der Waals surface area contributed by atoms with Crippen LogP contribution >= 0.6 is 11.8 Å². The van der Waals surface area contributed by atoms with Crippen molar-refractivity contribution in [1.29, 1.82) is 0 Å². The molecule has 0 aromatic carbocycles. The number of ether oxygens (including phenoxy) is 1. The molecule has 1 atom stereocenters. The third-order valence-electron chi connectivity index (χ3n) is 4.18. The molecule has 2 heterocycles. The quantitative estimate of drug-likeness (QED) is 0.903. The summed E-state index contributed by atoms with van der Waals surface area (Å²) in [4.78, 5) is 27.0. The highest BCUT2D eigenvalue weighted by atomic mass is 32.2. The van der Waals surface area contributed by atoms with Crippen LogP contribution in [0.1, 0.15) is 37.7 Å². The van der Waals surface area contributed by atoms with Crippen LogP contribution in [0.5, 0.6) is 5.88 Å². The summed E-state index contributed by atoms with van der Waals surface area (Å²) in [5, 5.41) is 1.68. The van der Waals surface area contributed by atoms with E-state index in [1.165, 1.54) is 32.1 Å². The molecule has 22 heavy (non-hydrogen) atoms. The van der Waals surface area contributed by atoms with Crippen LogP contribution in [0.4, 0.5) is 4.79 Å². The van der Waals surface area contributed by atoms with E-state index in [9.17, 15) is 9.59 Å². The van der Waals surface area contributed by atoms with Crippen molar-refractivity contribution in [3.63, 3.8) is 0 Å². The number of rotatable bonds is 5. The summed E-state index contributed by atoms with van der Waals surface area (Å²) in [5.74, 6) is 1.07. The lowest BCUT2D eigenvalue weighted by atomic mass is 9.90. The molecule has 2 amide bonds. The molecule has 2 aliphatic rings. The van der Waals surface area contributed by atoms with Gasteiger partial charge in [-0.1, -0.05) is 37.1 Å². The van der Waals surface area contributed by atoms with Crippen molar-refractivity contribution in [3.8, 4) is 5.88 Å². The van der Waals surface area contributed by atoms with Crippen molar-refractivity contribution in [2.24, 2.45) is 5.92 Å². The molecule has 1 saturated heterocycles. The predicted octanol–water partition coefficient (Wildman–Crippen LogP) is 2.93. The maximum atomic E-state index is 11.5. The largest absolute Gasteiger partial charge is 0.477 e. The number of imide groups is 1. The van der Waals surface area contributed by atoms with Gasteiger partial charge >= 0.3 is 0 Å². The van der Waals surface area contributed by atoms with Gasteiger partial charge in [0.25, 0.3) is 5.24 Å². The predicted molar refractivity (Wildman–Crippen MR) is 84.9 cm³/mol. The molecule has 1 aromatic rings. The molecule has 1 unspecified atom stereocenters. The zero-order valence-electron chi connectivity index (χ0n) is 12.4. The van der Waals surface area contributed by atoms with Gasteiger partial charge in [0.05, 0.1) is 11.9 Å². The maximum Gasteiger partial charge on any atom is 0.286 e. The van der Waals surface area contributed by atoms with E-state index in [2.05, 4.69) is 10.3 Å². The maximum absolute atomic E-state index is 11.5. The molecule has 118 valence electrons. The summed E-state index contributed by atoms with van der Waals surface area (Å²) in [7, 11) is 0. The minimum Gasteiger partial charge on any atom is -0.477 e. The average molecular weight is 320 g/mol. The normalized spacial score (nSPS) is 22.6. The molecule has 1 saturated carbocycles. The fourth-order valence-electron chi connectivity index (χ4n) is 2.92. The van der Waals surface area contributed by atoms with Gasteiger partial charge in [-0.25, -0.2) is 4.98 Å². The highest BCUT2D eigenvalue weighted by molar-refractivity contribution is 8.15. The number of carbonyl (C=O) groups is 2. The van der Waals surface area contributed by atoms with Crippen LogP contribution in [0.25, 0.3) is 0 Å². The van der Waals surface area contributed by atoms with E-state index in [-0.39, 0.29) is 16.4 Å². The van der Waals surface area contributed by atoms with Crippen molar-refractivity contribution < 1.29 is 14.3 Å². The third kappa shape index (κ3) is 4.00. The van der Waals surface area contributed by atoms with E-state index >= 15 is 0 Å². The summed E-state index contributed by atoms with van der Waals surface area (Å²) >= 11 is 1.04. The highest BCUT2D eigenvalue weighted by Gasteiger charge is 2.31. The second-order valence-electron chi connectivity index (χ2n) is 5.91. The molecule has 1 aromatic heterocycles. The smallest absolute Gasteiger partial charge is 0.286 e. The van der Waals surface area contributed by atoms with E-state index in [0.29, 0.717) is 18.2 Å². The van der Waals surface area contributed by atoms with Crippen molar-refractivity contribution in [1.82, 2.24) is 10.3 Å². The summed E-state index contributed by atoms with van der Waals surface area (Å²) in [6.45, 7) is 0.738. The Hall–Kier alpha value is -1.56. The van der Waals surface area contributed by atoms with E-state index in [1.54, 1.807) is 6.20 Å². The summed E-state index contributed by atoms with van der Waals surface area (Å²) in [6.07, 6.45) is 8.70. The Balaban J connectivity index is 1.49. The average Bonchev–Trinajstić information content (AvgIpc) is 2.85. The molecule has 1 aliphatic carbocycles. The van der Waals surface area contributed by atoms with Gasteiger partial charge in [-0.05, 0) is 30.7 Å². The minimum atomic E-state index is -0.344. The van der Waals surface area contributed by atoms with Crippen LogP contribution < -0.4 is 10.1 Å². The number of thioether (sulfide) groups is 1. The monoisotopic (exact) mass is 320 g/mol. The zero-order valence-corrected chi connectivity index (χ0v) is 13.2. The molecule has 6 heteroatoms. The molecule has 5 nitrogen and oxygen atoms in total. The standard InChI is InChI=1S/C16H20N2O3S/c19-15-13(22-16(20)18-15)8-12-6-7-14(17-9-12)21-10-11-4-2-1-3-5-11/h6-7,9,11,13H,1-5,8,10H2,(H,18,19,20). The van der Waals surface area contributed by atoms with Gasteiger partial charge in [-0.3, -0.25) is 14.9 Å². The number of carbonyl (C=O) groups excluding carboxylic acids is 2. The van der Waals surface area contributed by atoms with Crippen molar-refractivity contribution in [2.75, 3.05) is 6.61 Å². The third-order valence-corrected chi connectivity index (χ3v) is 5.16. The Labute approximate surface area is 134 Å². The van der Waals surface area contributed by atoms with Gasteiger partial charge in [0.1, 0.15) is 0 Å². The van der Waals surface area contributed by atoms with Crippen LogP contribution in [0.15, 0.2) is 18.3 Å². The lowest BCUT2D eigenvalue weighted by Gasteiger charge is -2.21. The van der Waals surface area contributed by atoms with Crippen molar-refractivity contribution in [3.05, 3.63) is 23.9 Å². The fraction of sp³-hybridized carbons (Fsp3) is 0.562. The second kappa shape index (κ2) is 7.13. The first kappa shape index (κ1) is 15.3. The molecule has 1 aliphatic heterocycles. The number of hydrogen-bond donors (Lipinski definition) is 1. The van der Waals surface area contributed by atoms with Crippen LogP contribution in [0, 0.1) is 5.92 Å². The molecule has 2 fully saturated rings. The molecule has 0 radical (unpaired) electrons. The highest BCUT2D eigenvalue weighted by Crippen LogP contribution is 2.25. The Morgan fingerprint density at radius 1 is 1.23 bits per heavy atom. The molecule has 3 rings (SSSR count). The van der Waals surface area contributed by atoms with E-state index in [0.717, 1.165) is 23.9 Å². The number of aromatic nitrogens is 1. The Bertz CT molecular complexity index is 541. The number of amides is 2. The van der Waals surface area contributed by atoms with Gasteiger partial charge in [-0.15, -0.1) is 0 Å². The Kier molecular flexibility index (Phi) is 4.97. The van der Waals surface area contributed by atoms with Gasteiger partial charge in [0.15, 0.2) is 0 Å². The number of nitrogens with zero attached hydrogens (tertiary/aromatic N) is 1. The SMILES string of the molecule is O=C1NC(=O)C(Cc2ccc(OCC3CCCCC3)nc2)S1. The topological polar surface area (TPSA) is 68.3 Å². The summed E-state index contributed by atoms with van der Waals surface area (Å²) < 4.78 is 5.76. The van der Waals surface area contributed by atoms with Crippen molar-refractivity contribution >= 4 is 22.9 Å². The summed E-state index contributed by atoms with van der Waals surface area (Å²) in [5.41, 5.74) is 0.937. The van der Waals surface area contributed by atoms with Gasteiger partial charge < -0.3 is 4.74 Å². The fourth-order valence-corrected chi connectivity index (χ4v) is 3.78. The molecular weight excluding hydrogens is 300 g/mol. The van der Waals surface area contributed by atoms with E-state index in [1.807, 2.05) is 12.1 Å². The van der Waals surface area contributed by atoms with Crippen molar-refractivity contribution in [2.45, 2.75) is 43.8 Å². The first-order valence-corrected chi connectivity index (χ1v) is 8.68. The first-order valence-electron chi connectivity index (χ1n) is 7.80. The van der Waals surface area contributed by atoms with Gasteiger partial charge in [0, 0.05) is 12.3 Å². The number of nitrogens with one attached hydrogen (secondary N) is 1. The van der Waals surface area contributed by atoms with E-state index < -0.39 is 0 Å². The van der Waals surface area contributed by atoms with Crippen LogP contribution in [0.3, 0.4) is 0 Å². The number of hydrogen-bond acceptors (Lipinski definition) is 5. The first-order chi connectivity index (χ1) is 10.7. The molecule has 0 spiro atoms. The Morgan fingerprint density at radius 3 is 2.68 bits per heavy atom. The summed E-state index contributed by atoms with van der Waals surface area (Å²) in [6, 6.07) is 3.76. The van der Waals surface area contributed by atoms with Gasteiger partial charge in [0.2, 0.25) is 11.8 Å². The number of pyridine rings is 1. The van der Waals surface area contributed by atoms with E-state index in [4.69, 9.17) is 4.74 Å². The zero-order chi connectivity index (χ0) is 15.4. The molecule has 1 N–H and O–H groups in total.